The van der Waals surface area contributed by atoms with Crippen LogP contribution in [0.3, 0.4) is 0 Å². The summed E-state index contributed by atoms with van der Waals surface area (Å²) in [4.78, 5) is 28.9. The third-order valence-corrected chi connectivity index (χ3v) is 6.53. The fraction of sp³-hybridized carbons (Fsp3) is 0.310. The quantitative estimate of drug-likeness (QED) is 0.345. The van der Waals surface area contributed by atoms with E-state index in [4.69, 9.17) is 9.97 Å². The average Bonchev–Trinajstić information content (AvgIpc) is 3.39. The zero-order valence-corrected chi connectivity index (χ0v) is 21.0. The molecule has 1 aliphatic rings. The Morgan fingerprint density at radius 1 is 0.971 bits per heavy atom. The molecule has 0 atom stereocenters. The highest BCUT2D eigenvalue weighted by Crippen LogP contribution is 2.33. The Bertz CT molecular complexity index is 1380. The molecule has 2 aromatic heterocycles. The maximum Gasteiger partial charge on any atom is 0.233 e. The molecule has 0 spiro atoms. The van der Waals surface area contributed by atoms with E-state index in [2.05, 4.69) is 79.8 Å². The highest BCUT2D eigenvalue weighted by atomic mass is 16.2. The third kappa shape index (κ3) is 4.36. The molecule has 0 radical (unpaired) electrons. The second-order valence-electron chi connectivity index (χ2n) is 9.84. The molecule has 3 heterocycles. The lowest BCUT2D eigenvalue weighted by atomic mass is 9.97. The summed E-state index contributed by atoms with van der Waals surface area (Å²) in [5, 5.41) is 0. The Labute approximate surface area is 206 Å². The molecule has 1 aliphatic heterocycles. The molecule has 1 amide bonds. The van der Waals surface area contributed by atoms with Crippen LogP contribution in [0, 0.1) is 6.92 Å². The van der Waals surface area contributed by atoms with Crippen LogP contribution in [-0.4, -0.2) is 25.4 Å². The molecule has 2 aromatic carbocycles. The van der Waals surface area contributed by atoms with E-state index >= 15 is 0 Å². The van der Waals surface area contributed by atoms with E-state index in [1.54, 1.807) is 4.90 Å². The number of rotatable bonds is 6. The maximum absolute atomic E-state index is 12.9. The summed E-state index contributed by atoms with van der Waals surface area (Å²) in [5.41, 5.74) is 6.23. The number of nitrogens with zero attached hydrogens (tertiary/aromatic N) is 5. The number of carbonyl (C=O) groups is 1. The Morgan fingerprint density at radius 3 is 2.43 bits per heavy atom. The van der Waals surface area contributed by atoms with Crippen LogP contribution >= 0.6 is 0 Å². The minimum absolute atomic E-state index is 0.0543. The average molecular weight is 466 g/mol. The SMILES string of the molecule is Cc1cn(C(C)C)c(-c2ccc(CN3C(=O)Cc4cnc(-c5ccccc5C(C)C)nc43)cc2)n1. The Morgan fingerprint density at radius 2 is 1.71 bits per heavy atom. The molecular formula is C29H31N5O. The largest absolute Gasteiger partial charge is 0.328 e. The number of benzene rings is 2. The highest BCUT2D eigenvalue weighted by molar-refractivity contribution is 6.00. The van der Waals surface area contributed by atoms with E-state index < -0.39 is 0 Å². The molecule has 0 saturated heterocycles. The van der Waals surface area contributed by atoms with E-state index in [9.17, 15) is 4.79 Å². The van der Waals surface area contributed by atoms with Crippen LogP contribution in [0.25, 0.3) is 22.8 Å². The van der Waals surface area contributed by atoms with Crippen molar-refractivity contribution in [1.82, 2.24) is 19.5 Å². The van der Waals surface area contributed by atoms with Crippen LogP contribution in [0.2, 0.25) is 0 Å². The predicted octanol–water partition coefficient (Wildman–Crippen LogP) is 6.11. The first-order chi connectivity index (χ1) is 16.8. The fourth-order valence-corrected chi connectivity index (χ4v) is 4.69. The number of imidazole rings is 1. The number of hydrogen-bond acceptors (Lipinski definition) is 4. The van der Waals surface area contributed by atoms with Crippen molar-refractivity contribution in [3.8, 4) is 22.8 Å². The number of aromatic nitrogens is 4. The zero-order valence-electron chi connectivity index (χ0n) is 21.0. The first kappa shape index (κ1) is 23.0. The van der Waals surface area contributed by atoms with Crippen molar-refractivity contribution in [3.05, 3.63) is 83.3 Å². The molecule has 178 valence electrons. The minimum atomic E-state index is 0.0543. The molecular weight excluding hydrogens is 434 g/mol. The summed E-state index contributed by atoms with van der Waals surface area (Å²) in [6.07, 6.45) is 4.23. The van der Waals surface area contributed by atoms with Crippen molar-refractivity contribution in [1.29, 1.82) is 0 Å². The van der Waals surface area contributed by atoms with Gasteiger partial charge in [0.25, 0.3) is 0 Å². The van der Waals surface area contributed by atoms with Gasteiger partial charge in [-0.2, -0.15) is 0 Å². The molecule has 0 fully saturated rings. The summed E-state index contributed by atoms with van der Waals surface area (Å²) in [6, 6.07) is 16.9. The van der Waals surface area contributed by atoms with E-state index in [0.717, 1.165) is 33.8 Å². The monoisotopic (exact) mass is 465 g/mol. The minimum Gasteiger partial charge on any atom is -0.328 e. The topological polar surface area (TPSA) is 63.9 Å². The lowest BCUT2D eigenvalue weighted by Gasteiger charge is -2.18. The van der Waals surface area contributed by atoms with E-state index in [1.807, 2.05) is 25.3 Å². The number of hydrogen-bond donors (Lipinski definition) is 0. The van der Waals surface area contributed by atoms with E-state index in [0.29, 0.717) is 36.6 Å². The number of fused-ring (bicyclic) bond motifs is 1. The van der Waals surface area contributed by atoms with Crippen molar-refractivity contribution in [2.45, 2.75) is 59.5 Å². The molecule has 0 bridgehead atoms. The Kier molecular flexibility index (Phi) is 5.97. The van der Waals surface area contributed by atoms with Crippen molar-refractivity contribution < 1.29 is 4.79 Å². The normalized spacial score (nSPS) is 13.2. The van der Waals surface area contributed by atoms with Crippen molar-refractivity contribution >= 4 is 11.7 Å². The molecule has 6 nitrogen and oxygen atoms in total. The number of aryl methyl sites for hydroxylation is 1. The zero-order chi connectivity index (χ0) is 24.7. The molecule has 0 unspecified atom stereocenters. The van der Waals surface area contributed by atoms with Gasteiger partial charge in [-0.1, -0.05) is 62.4 Å². The fourth-order valence-electron chi connectivity index (χ4n) is 4.69. The van der Waals surface area contributed by atoms with Crippen molar-refractivity contribution in [3.63, 3.8) is 0 Å². The summed E-state index contributed by atoms with van der Waals surface area (Å²) in [6.45, 7) is 11.1. The van der Waals surface area contributed by atoms with Crippen LogP contribution in [-0.2, 0) is 17.8 Å². The molecule has 5 rings (SSSR count). The van der Waals surface area contributed by atoms with Gasteiger partial charge in [0.2, 0.25) is 5.91 Å². The van der Waals surface area contributed by atoms with Gasteiger partial charge < -0.3 is 4.57 Å². The van der Waals surface area contributed by atoms with Crippen LogP contribution in [0.5, 0.6) is 0 Å². The van der Waals surface area contributed by atoms with Gasteiger partial charge in [0.15, 0.2) is 5.82 Å². The van der Waals surface area contributed by atoms with E-state index in [1.165, 1.54) is 5.56 Å². The lowest BCUT2D eigenvalue weighted by Crippen LogP contribution is -2.26. The van der Waals surface area contributed by atoms with Gasteiger partial charge in [0.1, 0.15) is 11.6 Å². The molecule has 6 heteroatoms. The van der Waals surface area contributed by atoms with Crippen LogP contribution in [0.15, 0.2) is 60.9 Å². The summed E-state index contributed by atoms with van der Waals surface area (Å²) < 4.78 is 2.19. The Balaban J connectivity index is 1.43. The summed E-state index contributed by atoms with van der Waals surface area (Å²) in [7, 11) is 0. The number of anilines is 1. The number of carbonyl (C=O) groups excluding carboxylic acids is 1. The van der Waals surface area contributed by atoms with E-state index in [-0.39, 0.29) is 5.91 Å². The van der Waals surface area contributed by atoms with Gasteiger partial charge in [-0.15, -0.1) is 0 Å². The van der Waals surface area contributed by atoms with Crippen LogP contribution in [0.1, 0.15) is 62.0 Å². The lowest BCUT2D eigenvalue weighted by molar-refractivity contribution is -0.117. The maximum atomic E-state index is 12.9. The molecule has 4 aromatic rings. The molecule has 0 aliphatic carbocycles. The molecule has 35 heavy (non-hydrogen) atoms. The van der Waals surface area contributed by atoms with Crippen molar-refractivity contribution in [2.75, 3.05) is 4.90 Å². The first-order valence-corrected chi connectivity index (χ1v) is 12.2. The van der Waals surface area contributed by atoms with Gasteiger partial charge in [0.05, 0.1) is 18.7 Å². The van der Waals surface area contributed by atoms with Gasteiger partial charge in [-0.25, -0.2) is 15.0 Å². The first-order valence-electron chi connectivity index (χ1n) is 12.2. The Hall–Kier alpha value is -3.80. The second kappa shape index (κ2) is 9.10. The van der Waals surface area contributed by atoms with Crippen LogP contribution < -0.4 is 4.90 Å². The number of amides is 1. The highest BCUT2D eigenvalue weighted by Gasteiger charge is 2.30. The van der Waals surface area contributed by atoms with Gasteiger partial charge in [-0.3, -0.25) is 9.69 Å². The standard InChI is InChI=1S/C29H31N5O/c1-18(2)24-8-6-7-9-25(24)27-30-15-23-14-26(35)34(29(23)32-27)17-21-10-12-22(13-11-21)28-31-20(5)16-33(28)19(3)4/h6-13,15-16,18-19H,14,17H2,1-5H3. The van der Waals surface area contributed by atoms with Crippen molar-refractivity contribution in [2.24, 2.45) is 0 Å². The molecule has 0 N–H and O–H groups in total. The van der Waals surface area contributed by atoms with Gasteiger partial charge in [0, 0.05) is 35.1 Å². The third-order valence-electron chi connectivity index (χ3n) is 6.53. The van der Waals surface area contributed by atoms with Gasteiger partial charge in [-0.05, 0) is 37.8 Å². The van der Waals surface area contributed by atoms with Crippen LogP contribution in [0.4, 0.5) is 5.82 Å². The summed E-state index contributed by atoms with van der Waals surface area (Å²) >= 11 is 0. The summed E-state index contributed by atoms with van der Waals surface area (Å²) in [5.74, 6) is 2.76. The predicted molar refractivity (Wildman–Crippen MR) is 139 cm³/mol. The second-order valence-corrected chi connectivity index (χ2v) is 9.84. The van der Waals surface area contributed by atoms with Gasteiger partial charge >= 0.3 is 0 Å². The molecule has 0 saturated carbocycles. The smallest absolute Gasteiger partial charge is 0.233 e.